The molecule has 3 heterocycles. The summed E-state index contributed by atoms with van der Waals surface area (Å²) in [4.78, 5) is 30.2. The van der Waals surface area contributed by atoms with Gasteiger partial charge in [0, 0.05) is 17.3 Å². The number of carbonyl (C=O) groups is 2. The standard InChI is InChI=1S/C19H18FN7O4/c1-26-24-18(23-25-26)16-5-2-11(8-22-16)14-4-3-12(6-15(14)20)27-9-13(31-19(27)29)10-30-17(28)7-21/h2-6,8,13H,7,9-10,21H2,1H3/p+1/t13-/m1/s1. The Labute approximate surface area is 175 Å². The molecule has 1 aromatic carbocycles. The molecule has 1 atom stereocenters. The minimum absolute atomic E-state index is 0.0118. The van der Waals surface area contributed by atoms with E-state index in [0.29, 0.717) is 28.3 Å². The van der Waals surface area contributed by atoms with Gasteiger partial charge in [0.05, 0.1) is 19.3 Å². The van der Waals surface area contributed by atoms with Gasteiger partial charge in [-0.15, -0.1) is 10.2 Å². The molecule has 1 amide bonds. The van der Waals surface area contributed by atoms with E-state index in [0.717, 1.165) is 0 Å². The quantitative estimate of drug-likeness (QED) is 0.549. The van der Waals surface area contributed by atoms with Crippen molar-refractivity contribution in [2.24, 2.45) is 7.05 Å². The molecule has 3 N–H and O–H groups in total. The van der Waals surface area contributed by atoms with E-state index in [1.54, 1.807) is 31.3 Å². The van der Waals surface area contributed by atoms with E-state index >= 15 is 0 Å². The van der Waals surface area contributed by atoms with Crippen LogP contribution >= 0.6 is 0 Å². The summed E-state index contributed by atoms with van der Waals surface area (Å²) in [6, 6.07) is 7.80. The number of hydrogen-bond donors (Lipinski definition) is 1. The number of benzene rings is 1. The Morgan fingerprint density at radius 3 is 2.84 bits per heavy atom. The number of aryl methyl sites for hydroxylation is 1. The molecule has 3 aromatic rings. The number of hydrogen-bond acceptors (Lipinski definition) is 8. The van der Waals surface area contributed by atoms with Crippen LogP contribution in [0.15, 0.2) is 36.5 Å². The molecule has 31 heavy (non-hydrogen) atoms. The number of quaternary nitrogens is 1. The largest absolute Gasteiger partial charge is 0.458 e. The van der Waals surface area contributed by atoms with E-state index < -0.39 is 24.0 Å². The number of carbonyl (C=O) groups excluding carboxylic acids is 2. The lowest BCUT2D eigenvalue weighted by Gasteiger charge is -2.14. The first-order chi connectivity index (χ1) is 14.9. The molecule has 0 spiro atoms. The van der Waals surface area contributed by atoms with Crippen molar-refractivity contribution in [2.75, 3.05) is 24.6 Å². The predicted octanol–water partition coefficient (Wildman–Crippen LogP) is 0.189. The summed E-state index contributed by atoms with van der Waals surface area (Å²) in [7, 11) is 1.65. The lowest BCUT2D eigenvalue weighted by Crippen LogP contribution is -2.54. The number of rotatable bonds is 6. The highest BCUT2D eigenvalue weighted by Crippen LogP contribution is 2.29. The van der Waals surface area contributed by atoms with Crippen LogP contribution < -0.4 is 10.6 Å². The van der Waals surface area contributed by atoms with Crippen LogP contribution in [0.3, 0.4) is 0 Å². The van der Waals surface area contributed by atoms with E-state index in [-0.39, 0.29) is 19.7 Å². The van der Waals surface area contributed by atoms with Gasteiger partial charge in [-0.05, 0) is 29.5 Å². The maximum atomic E-state index is 14.8. The molecule has 1 fully saturated rings. The second-order valence-electron chi connectivity index (χ2n) is 6.75. The minimum Gasteiger partial charge on any atom is -0.458 e. The molecular weight excluding hydrogens is 409 g/mol. The normalized spacial score (nSPS) is 15.8. The Hall–Kier alpha value is -3.93. The van der Waals surface area contributed by atoms with Crippen LogP contribution in [0.5, 0.6) is 0 Å². The minimum atomic E-state index is -0.634. The van der Waals surface area contributed by atoms with Crippen LogP contribution in [0.4, 0.5) is 14.9 Å². The number of halogens is 1. The lowest BCUT2D eigenvalue weighted by molar-refractivity contribution is -0.359. The Balaban J connectivity index is 1.48. The SMILES string of the molecule is Cn1nnc(-c2ccc(-c3ccc(N4C[C@H](COC(=O)C[NH3+])OC4=O)cc3F)cn2)n1. The fraction of sp³-hybridized carbons (Fsp3) is 0.263. The third kappa shape index (κ3) is 4.33. The number of cyclic esters (lactones) is 1. The van der Waals surface area contributed by atoms with Crippen molar-refractivity contribution in [3.8, 4) is 22.6 Å². The Morgan fingerprint density at radius 1 is 1.35 bits per heavy atom. The third-order valence-electron chi connectivity index (χ3n) is 4.58. The van der Waals surface area contributed by atoms with Crippen molar-refractivity contribution in [3.63, 3.8) is 0 Å². The summed E-state index contributed by atoms with van der Waals surface area (Å²) in [6.07, 6.45) is 0.253. The first kappa shape index (κ1) is 20.3. The summed E-state index contributed by atoms with van der Waals surface area (Å²) in [5, 5.41) is 11.7. The van der Waals surface area contributed by atoms with E-state index in [4.69, 9.17) is 9.47 Å². The number of tetrazole rings is 1. The van der Waals surface area contributed by atoms with Gasteiger partial charge in [-0.3, -0.25) is 9.88 Å². The Bertz CT molecular complexity index is 1120. The zero-order chi connectivity index (χ0) is 22.0. The number of esters is 1. The maximum Gasteiger partial charge on any atom is 0.414 e. The number of amides is 1. The highest BCUT2D eigenvalue weighted by atomic mass is 19.1. The van der Waals surface area contributed by atoms with Gasteiger partial charge in [0.1, 0.15) is 18.1 Å². The van der Waals surface area contributed by atoms with Crippen molar-refractivity contribution in [1.29, 1.82) is 0 Å². The molecule has 11 nitrogen and oxygen atoms in total. The van der Waals surface area contributed by atoms with Gasteiger partial charge in [0.2, 0.25) is 5.82 Å². The number of ether oxygens (including phenoxy) is 2. The maximum absolute atomic E-state index is 14.8. The second kappa shape index (κ2) is 8.44. The van der Waals surface area contributed by atoms with Crippen molar-refractivity contribution in [3.05, 3.63) is 42.3 Å². The van der Waals surface area contributed by atoms with Crippen molar-refractivity contribution < 1.29 is 29.2 Å². The average molecular weight is 428 g/mol. The number of aromatic nitrogens is 5. The summed E-state index contributed by atoms with van der Waals surface area (Å²) in [5.74, 6) is -0.642. The molecule has 0 saturated carbocycles. The van der Waals surface area contributed by atoms with Crippen molar-refractivity contribution in [2.45, 2.75) is 6.10 Å². The Morgan fingerprint density at radius 2 is 2.19 bits per heavy atom. The topological polar surface area (TPSA) is 140 Å². The second-order valence-corrected chi connectivity index (χ2v) is 6.75. The van der Waals surface area contributed by atoms with Crippen LogP contribution in [0, 0.1) is 5.82 Å². The molecule has 1 aliphatic heterocycles. The highest BCUT2D eigenvalue weighted by Gasteiger charge is 2.33. The molecule has 0 unspecified atom stereocenters. The van der Waals surface area contributed by atoms with E-state index in [2.05, 4.69) is 26.1 Å². The van der Waals surface area contributed by atoms with Gasteiger partial charge in [0.15, 0.2) is 12.6 Å². The molecule has 0 radical (unpaired) electrons. The molecule has 1 saturated heterocycles. The summed E-state index contributed by atoms with van der Waals surface area (Å²) in [5.41, 5.74) is 5.15. The summed E-state index contributed by atoms with van der Waals surface area (Å²) >= 11 is 0. The fourth-order valence-corrected chi connectivity index (χ4v) is 3.06. The van der Waals surface area contributed by atoms with Crippen LogP contribution in [0.2, 0.25) is 0 Å². The number of anilines is 1. The van der Waals surface area contributed by atoms with Crippen LogP contribution in [-0.2, 0) is 21.3 Å². The molecule has 12 heteroatoms. The van der Waals surface area contributed by atoms with E-state index in [1.165, 1.54) is 22.0 Å². The number of pyridine rings is 1. The molecule has 4 rings (SSSR count). The van der Waals surface area contributed by atoms with Crippen LogP contribution in [-0.4, -0.2) is 63.1 Å². The first-order valence-electron chi connectivity index (χ1n) is 9.38. The van der Waals surface area contributed by atoms with Crippen LogP contribution in [0.25, 0.3) is 22.6 Å². The monoisotopic (exact) mass is 428 g/mol. The molecule has 2 aromatic heterocycles. The smallest absolute Gasteiger partial charge is 0.414 e. The van der Waals surface area contributed by atoms with Gasteiger partial charge >= 0.3 is 12.1 Å². The zero-order valence-corrected chi connectivity index (χ0v) is 16.6. The fourth-order valence-electron chi connectivity index (χ4n) is 3.06. The summed E-state index contributed by atoms with van der Waals surface area (Å²) < 4.78 is 24.9. The lowest BCUT2D eigenvalue weighted by atomic mass is 10.1. The van der Waals surface area contributed by atoms with Crippen molar-refractivity contribution >= 4 is 17.7 Å². The van der Waals surface area contributed by atoms with E-state index in [1.807, 2.05) is 0 Å². The van der Waals surface area contributed by atoms with Gasteiger partial charge in [-0.25, -0.2) is 14.0 Å². The Kier molecular flexibility index (Phi) is 5.54. The number of nitrogens with zero attached hydrogens (tertiary/aromatic N) is 6. The molecular formula is C19H19FN7O4+. The van der Waals surface area contributed by atoms with Crippen LogP contribution in [0.1, 0.15) is 0 Å². The van der Waals surface area contributed by atoms with Crippen molar-refractivity contribution in [1.82, 2.24) is 25.2 Å². The third-order valence-corrected chi connectivity index (χ3v) is 4.58. The molecule has 0 aliphatic carbocycles. The predicted molar refractivity (Wildman–Crippen MR) is 104 cm³/mol. The van der Waals surface area contributed by atoms with Gasteiger partial charge < -0.3 is 15.2 Å². The zero-order valence-electron chi connectivity index (χ0n) is 16.6. The van der Waals surface area contributed by atoms with Gasteiger partial charge in [-0.2, -0.15) is 4.80 Å². The van der Waals surface area contributed by atoms with Gasteiger partial charge in [0.25, 0.3) is 0 Å². The van der Waals surface area contributed by atoms with E-state index in [9.17, 15) is 14.0 Å². The van der Waals surface area contributed by atoms with Gasteiger partial charge in [-0.1, -0.05) is 6.07 Å². The average Bonchev–Trinajstić information content (AvgIpc) is 3.37. The molecule has 1 aliphatic rings. The molecule has 160 valence electrons. The first-order valence-corrected chi connectivity index (χ1v) is 9.38. The molecule has 0 bridgehead atoms. The highest BCUT2D eigenvalue weighted by molar-refractivity contribution is 5.90. The summed E-state index contributed by atoms with van der Waals surface area (Å²) in [6.45, 7) is 0.0569.